The van der Waals surface area contributed by atoms with Crippen LogP contribution in [0.4, 0.5) is 13.2 Å². The number of nitrogens with one attached hydrogen (secondary N) is 3. The summed E-state index contributed by atoms with van der Waals surface area (Å²) < 4.78 is 42.1. The molecular formula is C24H31F3N4O4. The van der Waals surface area contributed by atoms with Gasteiger partial charge in [0.15, 0.2) is 0 Å². The van der Waals surface area contributed by atoms with Crippen molar-refractivity contribution in [3.8, 4) is 11.8 Å². The summed E-state index contributed by atoms with van der Waals surface area (Å²) in [4.78, 5) is 37.0. The highest BCUT2D eigenvalue weighted by Crippen LogP contribution is 2.28. The standard InChI is InChI=1S/C24H31F3N4O4/c1-4-20(32)31-21(14(2)3)23(34)30-18-9-7-16(8-10-18)22(33)29-13-17-6-5-15(12-28)11-19(17)35-24(25,26)27/h5-6,11,14,16,18,21H,4,7-10,13H2,1-3H3,(H,29,33)(H,30,34)(H,31,32)/t16?,18?,21-/m0/s1. The van der Waals surface area contributed by atoms with Crippen LogP contribution in [0.25, 0.3) is 0 Å². The minimum Gasteiger partial charge on any atom is -0.405 e. The third-order valence-electron chi connectivity index (χ3n) is 5.91. The summed E-state index contributed by atoms with van der Waals surface area (Å²) in [5.41, 5.74) is 0.109. The topological polar surface area (TPSA) is 120 Å². The van der Waals surface area contributed by atoms with E-state index in [4.69, 9.17) is 5.26 Å². The highest BCUT2D eigenvalue weighted by Gasteiger charge is 2.33. The van der Waals surface area contributed by atoms with Crippen molar-refractivity contribution in [2.45, 2.75) is 77.9 Å². The van der Waals surface area contributed by atoms with Crippen LogP contribution in [-0.2, 0) is 20.9 Å². The first kappa shape index (κ1) is 28.0. The minimum atomic E-state index is -4.93. The van der Waals surface area contributed by atoms with Gasteiger partial charge in [-0.15, -0.1) is 13.2 Å². The smallest absolute Gasteiger partial charge is 0.405 e. The molecule has 0 aliphatic heterocycles. The second-order valence-electron chi connectivity index (χ2n) is 8.90. The second-order valence-corrected chi connectivity index (χ2v) is 8.90. The van der Waals surface area contributed by atoms with Gasteiger partial charge in [-0.2, -0.15) is 5.26 Å². The molecule has 0 spiro atoms. The van der Waals surface area contributed by atoms with Crippen LogP contribution in [0.5, 0.6) is 5.75 Å². The SMILES string of the molecule is CCC(=O)N[C@H](C(=O)NC1CCC(C(=O)NCc2ccc(C#N)cc2OC(F)(F)F)CC1)C(C)C. The fraction of sp³-hybridized carbons (Fsp3) is 0.583. The van der Waals surface area contributed by atoms with E-state index in [0.717, 1.165) is 6.07 Å². The van der Waals surface area contributed by atoms with Crippen molar-refractivity contribution in [2.75, 3.05) is 0 Å². The molecule has 0 bridgehead atoms. The molecule has 1 aromatic carbocycles. The lowest BCUT2D eigenvalue weighted by atomic mass is 9.85. The zero-order chi connectivity index (χ0) is 26.2. The van der Waals surface area contributed by atoms with Gasteiger partial charge in [0.2, 0.25) is 17.7 Å². The summed E-state index contributed by atoms with van der Waals surface area (Å²) >= 11 is 0. The molecule has 0 saturated heterocycles. The number of amides is 3. The maximum atomic E-state index is 12.7. The number of benzene rings is 1. The van der Waals surface area contributed by atoms with Crippen molar-refractivity contribution in [1.29, 1.82) is 5.26 Å². The molecule has 11 heteroatoms. The molecule has 8 nitrogen and oxygen atoms in total. The van der Waals surface area contributed by atoms with Crippen LogP contribution in [0.15, 0.2) is 18.2 Å². The monoisotopic (exact) mass is 496 g/mol. The van der Waals surface area contributed by atoms with E-state index >= 15 is 0 Å². The first-order chi connectivity index (χ1) is 16.4. The van der Waals surface area contributed by atoms with Crippen LogP contribution in [0.1, 0.15) is 64.0 Å². The molecule has 0 radical (unpaired) electrons. The molecule has 0 unspecified atom stereocenters. The molecule has 3 N–H and O–H groups in total. The number of alkyl halides is 3. The summed E-state index contributed by atoms with van der Waals surface area (Å²) in [7, 11) is 0. The average Bonchev–Trinajstić information content (AvgIpc) is 2.80. The van der Waals surface area contributed by atoms with Crippen LogP contribution in [0.3, 0.4) is 0 Å². The molecule has 35 heavy (non-hydrogen) atoms. The third-order valence-corrected chi connectivity index (χ3v) is 5.91. The van der Waals surface area contributed by atoms with Crippen molar-refractivity contribution in [2.24, 2.45) is 11.8 Å². The Morgan fingerprint density at radius 3 is 2.37 bits per heavy atom. The minimum absolute atomic E-state index is 0.00802. The molecule has 1 saturated carbocycles. The van der Waals surface area contributed by atoms with Crippen molar-refractivity contribution in [3.63, 3.8) is 0 Å². The normalized spacial score (nSPS) is 18.8. The Morgan fingerprint density at radius 1 is 1.17 bits per heavy atom. The Hall–Kier alpha value is -3.29. The molecule has 1 aliphatic carbocycles. The number of nitriles is 1. The Kier molecular flexibility index (Phi) is 9.92. The zero-order valence-electron chi connectivity index (χ0n) is 20.0. The third kappa shape index (κ3) is 8.77. The van der Waals surface area contributed by atoms with Gasteiger partial charge in [-0.3, -0.25) is 14.4 Å². The maximum absolute atomic E-state index is 12.7. The first-order valence-corrected chi connectivity index (χ1v) is 11.6. The van der Waals surface area contributed by atoms with Gasteiger partial charge >= 0.3 is 6.36 Å². The fourth-order valence-corrected chi connectivity index (χ4v) is 3.92. The molecule has 3 amide bonds. The number of rotatable bonds is 9. The summed E-state index contributed by atoms with van der Waals surface area (Å²) in [5.74, 6) is -1.71. The van der Waals surface area contributed by atoms with Gasteiger partial charge in [0.05, 0.1) is 11.6 Å². The Labute approximate surface area is 202 Å². The number of carbonyl (C=O) groups excluding carboxylic acids is 3. The van der Waals surface area contributed by atoms with Gasteiger partial charge < -0.3 is 20.7 Å². The average molecular weight is 497 g/mol. The highest BCUT2D eigenvalue weighted by molar-refractivity contribution is 5.88. The van der Waals surface area contributed by atoms with Crippen molar-refractivity contribution in [1.82, 2.24) is 16.0 Å². The molecular weight excluding hydrogens is 465 g/mol. The second kappa shape index (κ2) is 12.4. The van der Waals surface area contributed by atoms with Crippen LogP contribution in [0, 0.1) is 23.2 Å². The largest absolute Gasteiger partial charge is 0.573 e. The summed E-state index contributed by atoms with van der Waals surface area (Å²) in [6.07, 6.45) is -2.51. The van der Waals surface area contributed by atoms with E-state index in [1.165, 1.54) is 12.1 Å². The molecule has 1 aromatic rings. The van der Waals surface area contributed by atoms with Crippen LogP contribution in [-0.4, -0.2) is 36.2 Å². The number of ether oxygens (including phenoxy) is 1. The highest BCUT2D eigenvalue weighted by atomic mass is 19.4. The zero-order valence-corrected chi connectivity index (χ0v) is 20.0. The van der Waals surface area contributed by atoms with Crippen LogP contribution < -0.4 is 20.7 Å². The number of halogens is 3. The number of carbonyl (C=O) groups is 3. The van der Waals surface area contributed by atoms with Crippen molar-refractivity contribution >= 4 is 17.7 Å². The van der Waals surface area contributed by atoms with Crippen LogP contribution >= 0.6 is 0 Å². The maximum Gasteiger partial charge on any atom is 0.573 e. The van der Waals surface area contributed by atoms with Gasteiger partial charge in [-0.25, -0.2) is 0 Å². The van der Waals surface area contributed by atoms with Gasteiger partial charge in [-0.05, 0) is 43.7 Å². The van der Waals surface area contributed by atoms with E-state index in [9.17, 15) is 27.6 Å². The lowest BCUT2D eigenvalue weighted by Gasteiger charge is -2.30. The van der Waals surface area contributed by atoms with E-state index in [1.807, 2.05) is 13.8 Å². The molecule has 1 aliphatic rings. The van der Waals surface area contributed by atoms with E-state index < -0.39 is 18.2 Å². The number of hydrogen-bond donors (Lipinski definition) is 3. The van der Waals surface area contributed by atoms with Gasteiger partial charge in [-0.1, -0.05) is 26.8 Å². The molecule has 2 rings (SSSR count). The predicted octanol–water partition coefficient (Wildman–Crippen LogP) is 3.30. The fourth-order valence-electron chi connectivity index (χ4n) is 3.92. The van der Waals surface area contributed by atoms with Gasteiger partial charge in [0, 0.05) is 30.5 Å². The first-order valence-electron chi connectivity index (χ1n) is 11.6. The quantitative estimate of drug-likeness (QED) is 0.485. The van der Waals surface area contributed by atoms with E-state index in [-0.39, 0.29) is 59.7 Å². The lowest BCUT2D eigenvalue weighted by Crippen LogP contribution is -2.52. The van der Waals surface area contributed by atoms with E-state index in [0.29, 0.717) is 25.7 Å². The van der Waals surface area contributed by atoms with Crippen LogP contribution in [0.2, 0.25) is 0 Å². The summed E-state index contributed by atoms with van der Waals surface area (Å²) in [5, 5.41) is 17.2. The van der Waals surface area contributed by atoms with E-state index in [1.54, 1.807) is 13.0 Å². The lowest BCUT2D eigenvalue weighted by molar-refractivity contribution is -0.274. The summed E-state index contributed by atoms with van der Waals surface area (Å²) in [6, 6.07) is 4.64. The van der Waals surface area contributed by atoms with Gasteiger partial charge in [0.1, 0.15) is 11.8 Å². The Bertz CT molecular complexity index is 951. The summed E-state index contributed by atoms with van der Waals surface area (Å²) in [6.45, 7) is 5.23. The van der Waals surface area contributed by atoms with Crippen molar-refractivity contribution < 1.29 is 32.3 Å². The van der Waals surface area contributed by atoms with E-state index in [2.05, 4.69) is 20.7 Å². The Morgan fingerprint density at radius 2 is 1.83 bits per heavy atom. The number of hydrogen-bond acceptors (Lipinski definition) is 5. The molecule has 1 atom stereocenters. The number of nitrogens with zero attached hydrogens (tertiary/aromatic N) is 1. The Balaban J connectivity index is 1.89. The molecule has 0 aromatic heterocycles. The van der Waals surface area contributed by atoms with Gasteiger partial charge in [0.25, 0.3) is 0 Å². The predicted molar refractivity (Wildman–Crippen MR) is 121 cm³/mol. The molecule has 0 heterocycles. The van der Waals surface area contributed by atoms with Crippen molar-refractivity contribution in [3.05, 3.63) is 29.3 Å². The molecule has 192 valence electrons. The molecule has 1 fully saturated rings.